The molecule has 3 saturated heterocycles. The van der Waals surface area contributed by atoms with Gasteiger partial charge in [-0.2, -0.15) is 0 Å². The van der Waals surface area contributed by atoms with E-state index in [2.05, 4.69) is 5.32 Å². The van der Waals surface area contributed by atoms with Crippen LogP contribution in [0.2, 0.25) is 0 Å². The molecule has 3 aliphatic rings. The highest BCUT2D eigenvalue weighted by atomic mass is 16.7. The van der Waals surface area contributed by atoms with Crippen molar-refractivity contribution in [1.29, 1.82) is 0 Å². The van der Waals surface area contributed by atoms with Gasteiger partial charge in [-0.3, -0.25) is 14.5 Å². The number of likely N-dealkylation sites (tertiary alicyclic amines) is 1. The van der Waals surface area contributed by atoms with Crippen LogP contribution in [0.3, 0.4) is 0 Å². The van der Waals surface area contributed by atoms with Crippen LogP contribution >= 0.6 is 0 Å². The molecule has 0 aromatic rings. The number of β-lactam (4-membered cyclic amide) rings is 1. The van der Waals surface area contributed by atoms with Gasteiger partial charge in [0.2, 0.25) is 11.7 Å². The third-order valence-electron chi connectivity index (χ3n) is 4.21. The van der Waals surface area contributed by atoms with Crippen molar-refractivity contribution >= 4 is 18.0 Å². The van der Waals surface area contributed by atoms with Crippen LogP contribution in [0.15, 0.2) is 0 Å². The molecule has 0 aliphatic carbocycles. The zero-order valence-corrected chi connectivity index (χ0v) is 11.9. The molecule has 0 aromatic heterocycles. The smallest absolute Gasteiger partial charge is 0.408 e. The van der Waals surface area contributed by atoms with E-state index >= 15 is 0 Å². The minimum Gasteiger partial charge on any atom is -0.465 e. The first-order chi connectivity index (χ1) is 9.77. The molecule has 0 saturated carbocycles. The monoisotopic (exact) mass is 298 g/mol. The van der Waals surface area contributed by atoms with E-state index in [1.54, 1.807) is 13.8 Å². The molecule has 116 valence electrons. The Kier molecular flexibility index (Phi) is 3.09. The average Bonchev–Trinajstić information content (AvgIpc) is 2.59. The van der Waals surface area contributed by atoms with Gasteiger partial charge in [0.25, 0.3) is 0 Å². The number of nitrogens with zero attached hydrogens (tertiary/aromatic N) is 1. The Morgan fingerprint density at radius 1 is 1.48 bits per heavy atom. The summed E-state index contributed by atoms with van der Waals surface area (Å²) < 4.78 is 10.8. The first-order valence-corrected chi connectivity index (χ1v) is 6.96. The number of hydrogen-bond acceptors (Lipinski definition) is 5. The number of amides is 2. The molecule has 0 spiro atoms. The average molecular weight is 298 g/mol. The highest BCUT2D eigenvalue weighted by molar-refractivity contribution is 5.93. The molecule has 0 radical (unpaired) electrons. The highest BCUT2D eigenvalue weighted by Gasteiger charge is 2.56. The second-order valence-electron chi connectivity index (χ2n) is 6.23. The lowest BCUT2D eigenvalue weighted by Gasteiger charge is -2.39. The number of ether oxygens (including phenoxy) is 2. The van der Waals surface area contributed by atoms with Gasteiger partial charge in [0, 0.05) is 26.3 Å². The maximum atomic E-state index is 11.6. The number of carboxylic acid groups (broad SMARTS) is 1. The Bertz CT molecular complexity index is 497. The van der Waals surface area contributed by atoms with Gasteiger partial charge in [0.15, 0.2) is 0 Å². The van der Waals surface area contributed by atoms with Gasteiger partial charge in [-0.15, -0.1) is 0 Å². The minimum atomic E-state index is -1.09. The first kappa shape index (κ1) is 14.1. The molecule has 21 heavy (non-hydrogen) atoms. The maximum Gasteiger partial charge on any atom is 0.408 e. The molecule has 1 unspecified atom stereocenters. The van der Waals surface area contributed by atoms with Crippen LogP contribution in [0.25, 0.3) is 0 Å². The molecule has 0 bridgehead atoms. The molecule has 0 aromatic carbocycles. The van der Waals surface area contributed by atoms with E-state index in [1.165, 1.54) is 4.90 Å². The molecule has 3 fully saturated rings. The third kappa shape index (κ3) is 2.44. The number of fused-ring (bicyclic) bond motifs is 1. The summed E-state index contributed by atoms with van der Waals surface area (Å²) in [6.07, 6.45) is -0.743. The molecule has 8 nitrogen and oxygen atoms in total. The summed E-state index contributed by atoms with van der Waals surface area (Å²) in [6.45, 7) is 3.62. The number of hydrogen-bond donors (Lipinski definition) is 2. The lowest BCUT2D eigenvalue weighted by molar-refractivity contribution is -0.259. The summed E-state index contributed by atoms with van der Waals surface area (Å²) in [6, 6.07) is -0.783. The van der Waals surface area contributed by atoms with Crippen LogP contribution in [0.4, 0.5) is 4.79 Å². The van der Waals surface area contributed by atoms with Gasteiger partial charge in [-0.05, 0) is 6.42 Å². The molecule has 4 atom stereocenters. The number of carbonyl (C=O) groups is 3. The SMILES string of the molecule is CC1(C)OC(=O)CC(C[C@@H]2CN(C(=O)O)[C@@H]3C(=O)N[C@H]23)O1. The summed E-state index contributed by atoms with van der Waals surface area (Å²) in [7, 11) is 0. The molecule has 3 rings (SSSR count). The predicted molar refractivity (Wildman–Crippen MR) is 68.2 cm³/mol. The molecule has 3 heterocycles. The van der Waals surface area contributed by atoms with Crippen LogP contribution in [0, 0.1) is 5.92 Å². The van der Waals surface area contributed by atoms with E-state index < -0.39 is 17.9 Å². The summed E-state index contributed by atoms with van der Waals surface area (Å²) in [4.78, 5) is 35.4. The number of cyclic esters (lactones) is 1. The second kappa shape index (κ2) is 4.59. The molecule has 8 heteroatoms. The van der Waals surface area contributed by atoms with Gasteiger partial charge < -0.3 is 19.9 Å². The van der Waals surface area contributed by atoms with Crippen molar-refractivity contribution in [3.05, 3.63) is 0 Å². The highest BCUT2D eigenvalue weighted by Crippen LogP contribution is 2.36. The van der Waals surface area contributed by atoms with E-state index in [1.807, 2.05) is 0 Å². The van der Waals surface area contributed by atoms with Crippen molar-refractivity contribution in [1.82, 2.24) is 10.2 Å². The van der Waals surface area contributed by atoms with Gasteiger partial charge in [0.05, 0.1) is 18.6 Å². The van der Waals surface area contributed by atoms with E-state index in [0.717, 1.165) is 0 Å². The zero-order valence-electron chi connectivity index (χ0n) is 11.9. The van der Waals surface area contributed by atoms with Gasteiger partial charge in [-0.25, -0.2) is 4.79 Å². The van der Waals surface area contributed by atoms with Crippen molar-refractivity contribution < 1.29 is 29.0 Å². The minimum absolute atomic E-state index is 0.0458. The normalized spacial score (nSPS) is 37.3. The Hall–Kier alpha value is -1.83. The predicted octanol–water partition coefficient (Wildman–Crippen LogP) is -0.0785. The fraction of sp³-hybridized carbons (Fsp3) is 0.769. The lowest BCUT2D eigenvalue weighted by atomic mass is 9.87. The Balaban J connectivity index is 1.67. The van der Waals surface area contributed by atoms with Crippen molar-refractivity contribution in [2.45, 2.75) is 50.7 Å². The van der Waals surface area contributed by atoms with Crippen LogP contribution in [0.1, 0.15) is 26.7 Å². The molecule has 3 aliphatic heterocycles. The molecule has 2 amide bonds. The number of carbonyl (C=O) groups excluding carboxylic acids is 2. The summed E-state index contributed by atoms with van der Waals surface area (Å²) in [5.41, 5.74) is 0. The fourth-order valence-corrected chi connectivity index (χ4v) is 3.44. The first-order valence-electron chi connectivity index (χ1n) is 6.96. The Labute approximate surface area is 121 Å². The molecule has 2 N–H and O–H groups in total. The standard InChI is InChI=1S/C13H18N2O6/c1-13(2)20-7(4-8(16)21-13)3-6-5-15(12(18)19)10-9(6)14-11(10)17/h6-7,9-10H,3-5H2,1-2H3,(H,14,17)(H,18,19)/t6-,7?,9-,10+/m1/s1. The van der Waals surface area contributed by atoms with Crippen molar-refractivity contribution in [2.75, 3.05) is 6.54 Å². The summed E-state index contributed by atoms with van der Waals surface area (Å²) >= 11 is 0. The van der Waals surface area contributed by atoms with E-state index in [9.17, 15) is 14.4 Å². The third-order valence-corrected chi connectivity index (χ3v) is 4.21. The summed E-state index contributed by atoms with van der Waals surface area (Å²) in [5, 5.41) is 11.9. The second-order valence-corrected chi connectivity index (χ2v) is 6.23. The lowest BCUT2D eigenvalue weighted by Crippen LogP contribution is -2.66. The number of nitrogens with one attached hydrogen (secondary N) is 1. The maximum absolute atomic E-state index is 11.6. The Morgan fingerprint density at radius 3 is 2.71 bits per heavy atom. The summed E-state index contributed by atoms with van der Waals surface area (Å²) in [5.74, 6) is -1.59. The van der Waals surface area contributed by atoms with Crippen LogP contribution < -0.4 is 5.32 Å². The quantitative estimate of drug-likeness (QED) is 0.546. The largest absolute Gasteiger partial charge is 0.465 e. The topological polar surface area (TPSA) is 105 Å². The van der Waals surface area contributed by atoms with Gasteiger partial charge in [-0.1, -0.05) is 0 Å². The molecular formula is C13H18N2O6. The van der Waals surface area contributed by atoms with Crippen LogP contribution in [0.5, 0.6) is 0 Å². The van der Waals surface area contributed by atoms with Crippen LogP contribution in [-0.4, -0.2) is 58.5 Å². The Morgan fingerprint density at radius 2 is 2.19 bits per heavy atom. The number of esters is 1. The van der Waals surface area contributed by atoms with Crippen molar-refractivity contribution in [3.8, 4) is 0 Å². The van der Waals surface area contributed by atoms with E-state index in [0.29, 0.717) is 6.42 Å². The fourth-order valence-electron chi connectivity index (χ4n) is 3.44. The van der Waals surface area contributed by atoms with E-state index in [-0.39, 0.29) is 42.9 Å². The van der Waals surface area contributed by atoms with E-state index in [4.69, 9.17) is 14.6 Å². The van der Waals surface area contributed by atoms with Gasteiger partial charge >= 0.3 is 12.1 Å². The molecular weight excluding hydrogens is 280 g/mol. The zero-order chi connectivity index (χ0) is 15.4. The van der Waals surface area contributed by atoms with Crippen molar-refractivity contribution in [2.24, 2.45) is 5.92 Å². The van der Waals surface area contributed by atoms with Gasteiger partial charge in [0.1, 0.15) is 6.04 Å². The number of rotatable bonds is 2. The van der Waals surface area contributed by atoms with Crippen LogP contribution in [-0.2, 0) is 19.1 Å². The van der Waals surface area contributed by atoms with Crippen molar-refractivity contribution in [3.63, 3.8) is 0 Å².